The number of terminal acetylenes is 1. The predicted molar refractivity (Wildman–Crippen MR) is 151 cm³/mol. The summed E-state index contributed by atoms with van der Waals surface area (Å²) in [4.78, 5) is 32.9. The van der Waals surface area contributed by atoms with E-state index >= 15 is 8.78 Å². The van der Waals surface area contributed by atoms with Crippen LogP contribution in [0, 0.1) is 24.0 Å². The fourth-order valence-electron chi connectivity index (χ4n) is 5.24. The number of nitrogens with one attached hydrogen (secondary N) is 1. The van der Waals surface area contributed by atoms with E-state index in [1.54, 1.807) is 31.7 Å². The maximum absolute atomic E-state index is 15.4. The summed E-state index contributed by atoms with van der Waals surface area (Å²) in [5.41, 5.74) is 5.94. The lowest BCUT2D eigenvalue weighted by Crippen LogP contribution is -2.51. The number of halogens is 2. The molecule has 1 saturated heterocycles. The van der Waals surface area contributed by atoms with Crippen molar-refractivity contribution in [3.8, 4) is 18.2 Å². The molecule has 4 heterocycles. The maximum atomic E-state index is 15.4. The molecular formula is C28H29F2N7O2S. The molecule has 2 aliphatic rings. The van der Waals surface area contributed by atoms with Crippen LogP contribution in [0.2, 0.25) is 0 Å². The van der Waals surface area contributed by atoms with E-state index in [1.807, 2.05) is 0 Å². The Labute approximate surface area is 235 Å². The molecule has 0 aliphatic carbocycles. The molecular weight excluding hydrogens is 536 g/mol. The van der Waals surface area contributed by atoms with Gasteiger partial charge in [-0.1, -0.05) is 17.7 Å². The first kappa shape index (κ1) is 27.6. The number of nitrogens with zero attached hydrogens (tertiary/aromatic N) is 5. The fraction of sp³-hybridized carbons (Fsp3) is 0.393. The number of hydrogen-bond donors (Lipinski definition) is 2. The molecule has 0 radical (unpaired) electrons. The number of amides is 1. The van der Waals surface area contributed by atoms with Crippen molar-refractivity contribution >= 4 is 45.4 Å². The molecule has 12 heteroatoms. The van der Waals surface area contributed by atoms with Crippen LogP contribution in [-0.4, -0.2) is 54.9 Å². The van der Waals surface area contributed by atoms with Crippen LogP contribution in [0.25, 0.3) is 11.0 Å². The monoisotopic (exact) mass is 565 g/mol. The second-order valence-corrected chi connectivity index (χ2v) is 11.9. The molecule has 0 saturated carbocycles. The van der Waals surface area contributed by atoms with Gasteiger partial charge in [-0.15, -0.1) is 6.42 Å². The Morgan fingerprint density at radius 2 is 2.02 bits per heavy atom. The smallest absolute Gasteiger partial charge is 0.239 e. The van der Waals surface area contributed by atoms with Gasteiger partial charge >= 0.3 is 0 Å². The number of aromatic nitrogens is 3. The van der Waals surface area contributed by atoms with Crippen LogP contribution in [0.15, 0.2) is 35.6 Å². The number of pyridine rings is 1. The standard InChI is InChI=1S/C28H29F2N7O2S/c1-5-16(2)39-21-14-33-23-20(35-21)8-9-32-24(23)34-17-12-18(22(30)19(29)13-17)27(3)15-28(4,40-26(31)36-27)25(38)37-10-6-7-11-37/h1,8-9,12-14,16H,6-7,10-11,15H2,2-4H3,(H2,31,36)(H,32,34)/t16-,27-,28+/m0/s1. The van der Waals surface area contributed by atoms with E-state index in [4.69, 9.17) is 16.9 Å². The third-order valence-corrected chi connectivity index (χ3v) is 8.13. The first-order chi connectivity index (χ1) is 19.0. The van der Waals surface area contributed by atoms with Crippen molar-refractivity contribution in [2.24, 2.45) is 10.7 Å². The molecule has 0 unspecified atom stereocenters. The predicted octanol–water partition coefficient (Wildman–Crippen LogP) is 4.50. The van der Waals surface area contributed by atoms with Gasteiger partial charge in [0.1, 0.15) is 10.3 Å². The molecule has 2 aromatic heterocycles. The number of thioether (sulfide) groups is 1. The number of carbonyl (C=O) groups excluding carboxylic acids is 1. The van der Waals surface area contributed by atoms with Gasteiger partial charge in [-0.3, -0.25) is 9.79 Å². The van der Waals surface area contributed by atoms with Gasteiger partial charge in [0.05, 0.1) is 17.3 Å². The Morgan fingerprint density at radius 3 is 2.75 bits per heavy atom. The first-order valence-corrected chi connectivity index (χ1v) is 13.7. The van der Waals surface area contributed by atoms with Gasteiger partial charge in [0.15, 0.2) is 28.7 Å². The highest BCUT2D eigenvalue weighted by molar-refractivity contribution is 8.15. The Bertz CT molecular complexity index is 1560. The van der Waals surface area contributed by atoms with Gasteiger partial charge in [0.2, 0.25) is 11.8 Å². The lowest BCUT2D eigenvalue weighted by Gasteiger charge is -2.41. The summed E-state index contributed by atoms with van der Waals surface area (Å²) in [5.74, 6) is 0.775. The molecule has 2 aliphatic heterocycles. The van der Waals surface area contributed by atoms with Crippen molar-refractivity contribution in [3.63, 3.8) is 0 Å². The molecule has 1 fully saturated rings. The van der Waals surface area contributed by atoms with Crippen molar-refractivity contribution in [2.75, 3.05) is 18.4 Å². The van der Waals surface area contributed by atoms with Crippen molar-refractivity contribution in [2.45, 2.75) is 56.4 Å². The van der Waals surface area contributed by atoms with E-state index in [0.717, 1.165) is 30.7 Å². The third kappa shape index (κ3) is 5.25. The molecule has 5 rings (SSSR count). The zero-order valence-electron chi connectivity index (χ0n) is 22.4. The summed E-state index contributed by atoms with van der Waals surface area (Å²) in [6, 6.07) is 4.14. The number of fused-ring (bicyclic) bond motifs is 1. The van der Waals surface area contributed by atoms with Crippen LogP contribution in [0.4, 0.5) is 20.3 Å². The molecule has 3 N–H and O–H groups in total. The Hall–Kier alpha value is -3.98. The van der Waals surface area contributed by atoms with E-state index in [9.17, 15) is 4.79 Å². The fourth-order valence-corrected chi connectivity index (χ4v) is 6.52. The molecule has 1 amide bonds. The largest absolute Gasteiger partial charge is 0.460 e. The molecule has 0 spiro atoms. The van der Waals surface area contributed by atoms with Crippen molar-refractivity contribution < 1.29 is 18.3 Å². The highest BCUT2D eigenvalue weighted by Gasteiger charge is 2.49. The van der Waals surface area contributed by atoms with Crippen molar-refractivity contribution in [1.29, 1.82) is 0 Å². The van der Waals surface area contributed by atoms with E-state index in [2.05, 4.69) is 31.2 Å². The normalized spacial score (nSPS) is 23.4. The maximum Gasteiger partial charge on any atom is 0.239 e. The highest BCUT2D eigenvalue weighted by Crippen LogP contribution is 2.47. The second kappa shape index (κ2) is 10.5. The van der Waals surface area contributed by atoms with Crippen molar-refractivity contribution in [1.82, 2.24) is 19.9 Å². The zero-order chi connectivity index (χ0) is 28.7. The van der Waals surface area contributed by atoms with Gasteiger partial charge in [0, 0.05) is 43.0 Å². The van der Waals surface area contributed by atoms with Gasteiger partial charge in [-0.25, -0.2) is 23.7 Å². The number of benzene rings is 1. The summed E-state index contributed by atoms with van der Waals surface area (Å²) in [7, 11) is 0. The number of nitrogens with two attached hydrogens (primary N) is 1. The second-order valence-electron chi connectivity index (χ2n) is 10.3. The third-order valence-electron chi connectivity index (χ3n) is 7.06. The van der Waals surface area contributed by atoms with E-state index in [1.165, 1.54) is 18.5 Å². The molecule has 3 atom stereocenters. The number of carbonyl (C=O) groups is 1. The number of likely N-dealkylation sites (tertiary alicyclic amines) is 1. The molecule has 0 bridgehead atoms. The van der Waals surface area contributed by atoms with Crippen LogP contribution in [0.3, 0.4) is 0 Å². The number of ether oxygens (including phenoxy) is 1. The Kier molecular flexibility index (Phi) is 7.27. The lowest BCUT2D eigenvalue weighted by atomic mass is 9.82. The molecule has 40 heavy (non-hydrogen) atoms. The minimum Gasteiger partial charge on any atom is -0.460 e. The number of anilines is 2. The molecule has 208 valence electrons. The molecule has 3 aromatic rings. The van der Waals surface area contributed by atoms with Gasteiger partial charge < -0.3 is 20.7 Å². The number of rotatable bonds is 6. The van der Waals surface area contributed by atoms with Gasteiger partial charge in [-0.2, -0.15) is 0 Å². The van der Waals surface area contributed by atoms with Crippen molar-refractivity contribution in [3.05, 3.63) is 47.8 Å². The summed E-state index contributed by atoms with van der Waals surface area (Å²) >= 11 is 1.16. The van der Waals surface area contributed by atoms with E-state index < -0.39 is 28.0 Å². The quantitative estimate of drug-likeness (QED) is 0.420. The van der Waals surface area contributed by atoms with Crippen LogP contribution >= 0.6 is 11.8 Å². The van der Waals surface area contributed by atoms with E-state index in [-0.39, 0.29) is 40.4 Å². The zero-order valence-corrected chi connectivity index (χ0v) is 23.2. The van der Waals surface area contributed by atoms with Crippen LogP contribution in [0.5, 0.6) is 5.88 Å². The number of amidine groups is 1. The minimum atomic E-state index is -1.30. The average Bonchev–Trinajstić information content (AvgIpc) is 3.44. The Morgan fingerprint density at radius 1 is 1.27 bits per heavy atom. The number of aliphatic imine (C=N–C) groups is 1. The van der Waals surface area contributed by atoms with Gasteiger partial charge in [0.25, 0.3) is 0 Å². The van der Waals surface area contributed by atoms with Crippen LogP contribution in [0.1, 0.15) is 45.6 Å². The van der Waals surface area contributed by atoms with Gasteiger partial charge in [-0.05, 0) is 45.7 Å². The number of hydrogen-bond acceptors (Lipinski definition) is 9. The summed E-state index contributed by atoms with van der Waals surface area (Å²) in [6.45, 7) is 6.50. The van der Waals surface area contributed by atoms with Crippen LogP contribution < -0.4 is 15.8 Å². The highest BCUT2D eigenvalue weighted by atomic mass is 32.2. The molecule has 1 aromatic carbocycles. The lowest BCUT2D eigenvalue weighted by molar-refractivity contribution is -0.132. The minimum absolute atomic E-state index is 0.0241. The Balaban J connectivity index is 1.49. The van der Waals surface area contributed by atoms with Crippen LogP contribution in [-0.2, 0) is 10.3 Å². The summed E-state index contributed by atoms with van der Waals surface area (Å²) in [5, 5.41) is 3.17. The molecule has 9 nitrogen and oxygen atoms in total. The topological polar surface area (TPSA) is 119 Å². The first-order valence-electron chi connectivity index (χ1n) is 12.9. The van der Waals surface area contributed by atoms with E-state index in [0.29, 0.717) is 24.1 Å². The SMILES string of the molecule is C#C[C@H](C)Oc1cnc2c(Nc3cc(F)c(F)c([C@]4(C)C[C@](C)(C(=O)N5CCCC5)SC(N)=N4)c3)nccc2n1. The summed E-state index contributed by atoms with van der Waals surface area (Å²) < 4.78 is 35.0. The summed E-state index contributed by atoms with van der Waals surface area (Å²) in [6.07, 6.45) is 9.81. The average molecular weight is 566 g/mol.